The third-order valence-electron chi connectivity index (χ3n) is 2.92. The highest BCUT2D eigenvalue weighted by molar-refractivity contribution is 8.00. The Labute approximate surface area is 144 Å². The SMILES string of the molecule is CC(Sc1ncc(C(F)(F)F)cc1Cl)C(=O)Nc1ccccc1F. The number of aromatic nitrogens is 1. The Morgan fingerprint density at radius 3 is 2.58 bits per heavy atom. The molecule has 0 fully saturated rings. The van der Waals surface area contributed by atoms with Crippen LogP contribution in [0.15, 0.2) is 41.6 Å². The molecule has 0 spiro atoms. The van der Waals surface area contributed by atoms with Crippen molar-refractivity contribution in [1.82, 2.24) is 4.98 Å². The lowest BCUT2D eigenvalue weighted by atomic mass is 10.3. The maximum absolute atomic E-state index is 13.5. The van der Waals surface area contributed by atoms with Crippen LogP contribution in [0.5, 0.6) is 0 Å². The molecule has 128 valence electrons. The van der Waals surface area contributed by atoms with Crippen LogP contribution in [-0.4, -0.2) is 16.1 Å². The van der Waals surface area contributed by atoms with Crippen molar-refractivity contribution < 1.29 is 22.4 Å². The van der Waals surface area contributed by atoms with E-state index in [2.05, 4.69) is 10.3 Å². The molecule has 9 heteroatoms. The van der Waals surface area contributed by atoms with Gasteiger partial charge in [0.15, 0.2) is 0 Å². The van der Waals surface area contributed by atoms with Crippen molar-refractivity contribution in [2.75, 3.05) is 5.32 Å². The summed E-state index contributed by atoms with van der Waals surface area (Å²) in [6.45, 7) is 1.51. The molecule has 1 amide bonds. The monoisotopic (exact) mass is 378 g/mol. The minimum atomic E-state index is -4.55. The molecule has 0 radical (unpaired) electrons. The number of rotatable bonds is 4. The number of benzene rings is 1. The number of hydrogen-bond donors (Lipinski definition) is 1. The summed E-state index contributed by atoms with van der Waals surface area (Å²) < 4.78 is 51.2. The topological polar surface area (TPSA) is 42.0 Å². The third kappa shape index (κ3) is 4.61. The molecule has 1 unspecified atom stereocenters. The van der Waals surface area contributed by atoms with Crippen molar-refractivity contribution in [2.45, 2.75) is 23.4 Å². The average molecular weight is 379 g/mol. The first-order valence-electron chi connectivity index (χ1n) is 6.63. The predicted molar refractivity (Wildman–Crippen MR) is 84.6 cm³/mol. The normalized spacial score (nSPS) is 12.8. The quantitative estimate of drug-likeness (QED) is 0.600. The lowest BCUT2D eigenvalue weighted by molar-refractivity contribution is -0.137. The zero-order valence-corrected chi connectivity index (χ0v) is 13.8. The summed E-state index contributed by atoms with van der Waals surface area (Å²) in [7, 11) is 0. The van der Waals surface area contributed by atoms with Crippen molar-refractivity contribution in [3.8, 4) is 0 Å². The van der Waals surface area contributed by atoms with E-state index in [0.29, 0.717) is 6.20 Å². The highest BCUT2D eigenvalue weighted by Crippen LogP contribution is 2.35. The fourth-order valence-electron chi connectivity index (χ4n) is 1.69. The number of hydrogen-bond acceptors (Lipinski definition) is 3. The summed E-state index contributed by atoms with van der Waals surface area (Å²) in [5, 5.41) is 1.53. The number of nitrogens with zero attached hydrogens (tertiary/aromatic N) is 1. The highest BCUT2D eigenvalue weighted by Gasteiger charge is 2.32. The fraction of sp³-hybridized carbons (Fsp3) is 0.200. The molecular formula is C15H11ClF4N2OS. The molecule has 1 heterocycles. The van der Waals surface area contributed by atoms with Crippen LogP contribution in [0, 0.1) is 5.82 Å². The Morgan fingerprint density at radius 1 is 1.33 bits per heavy atom. The number of pyridine rings is 1. The summed E-state index contributed by atoms with van der Waals surface area (Å²) in [4.78, 5) is 15.7. The standard InChI is InChI=1S/C15H11ClF4N2OS/c1-8(13(23)22-12-5-3-2-4-11(12)17)24-14-10(16)6-9(7-21-14)15(18,19)20/h2-8H,1H3,(H,22,23). The Bertz CT molecular complexity index is 754. The zero-order chi connectivity index (χ0) is 17.9. The summed E-state index contributed by atoms with van der Waals surface area (Å²) in [6.07, 6.45) is -3.90. The Kier molecular flexibility index (Phi) is 5.71. The van der Waals surface area contributed by atoms with Crippen molar-refractivity contribution in [2.24, 2.45) is 0 Å². The molecule has 2 aromatic rings. The molecule has 1 aromatic carbocycles. The van der Waals surface area contributed by atoms with Crippen LogP contribution in [0.1, 0.15) is 12.5 Å². The minimum Gasteiger partial charge on any atom is -0.323 e. The van der Waals surface area contributed by atoms with Gasteiger partial charge in [-0.1, -0.05) is 35.5 Å². The summed E-state index contributed by atoms with van der Waals surface area (Å²) in [6, 6.07) is 6.38. The van der Waals surface area contributed by atoms with Gasteiger partial charge in [0.05, 0.1) is 21.5 Å². The Balaban J connectivity index is 2.08. The van der Waals surface area contributed by atoms with Crippen LogP contribution in [0.2, 0.25) is 5.02 Å². The van der Waals surface area contributed by atoms with Gasteiger partial charge in [-0.3, -0.25) is 4.79 Å². The molecule has 0 aliphatic rings. The lowest BCUT2D eigenvalue weighted by Gasteiger charge is -2.13. The van der Waals surface area contributed by atoms with Gasteiger partial charge in [-0.2, -0.15) is 13.2 Å². The van der Waals surface area contributed by atoms with E-state index < -0.39 is 28.7 Å². The summed E-state index contributed by atoms with van der Waals surface area (Å²) in [5.41, 5.74) is -0.957. The third-order valence-corrected chi connectivity index (χ3v) is 4.44. The molecule has 0 aliphatic heterocycles. The summed E-state index contributed by atoms with van der Waals surface area (Å²) in [5.74, 6) is -1.11. The highest BCUT2D eigenvalue weighted by atomic mass is 35.5. The van der Waals surface area contributed by atoms with Crippen LogP contribution in [0.3, 0.4) is 0 Å². The second kappa shape index (κ2) is 7.40. The van der Waals surface area contributed by atoms with Gasteiger partial charge >= 0.3 is 6.18 Å². The van der Waals surface area contributed by atoms with Gasteiger partial charge < -0.3 is 5.32 Å². The molecule has 0 bridgehead atoms. The number of carbonyl (C=O) groups is 1. The van der Waals surface area contributed by atoms with E-state index in [0.717, 1.165) is 17.8 Å². The fourth-order valence-corrected chi connectivity index (χ4v) is 2.77. The second-order valence-corrected chi connectivity index (χ2v) is 6.47. The minimum absolute atomic E-state index is 0.0152. The van der Waals surface area contributed by atoms with Gasteiger partial charge in [-0.05, 0) is 25.1 Å². The number of para-hydroxylation sites is 1. The maximum Gasteiger partial charge on any atom is 0.417 e. The Morgan fingerprint density at radius 2 is 2.00 bits per heavy atom. The van der Waals surface area contributed by atoms with Crippen LogP contribution >= 0.6 is 23.4 Å². The predicted octanol–water partition coefficient (Wildman–Crippen LogP) is 5.01. The number of nitrogens with one attached hydrogen (secondary N) is 1. The van der Waals surface area contributed by atoms with Crippen LogP contribution < -0.4 is 5.32 Å². The van der Waals surface area contributed by atoms with Gasteiger partial charge in [0.25, 0.3) is 0 Å². The van der Waals surface area contributed by atoms with Crippen LogP contribution in [0.25, 0.3) is 0 Å². The average Bonchev–Trinajstić information content (AvgIpc) is 2.50. The van der Waals surface area contributed by atoms with Gasteiger partial charge in [0.1, 0.15) is 10.8 Å². The van der Waals surface area contributed by atoms with E-state index >= 15 is 0 Å². The zero-order valence-electron chi connectivity index (χ0n) is 12.2. The molecule has 1 aromatic heterocycles. The lowest BCUT2D eigenvalue weighted by Crippen LogP contribution is -2.23. The smallest absolute Gasteiger partial charge is 0.323 e. The van der Waals surface area contributed by atoms with Gasteiger partial charge in [0.2, 0.25) is 5.91 Å². The van der Waals surface area contributed by atoms with Gasteiger partial charge in [0, 0.05) is 6.20 Å². The van der Waals surface area contributed by atoms with E-state index in [-0.39, 0.29) is 15.7 Å². The largest absolute Gasteiger partial charge is 0.417 e. The molecule has 2 rings (SSSR count). The first-order valence-corrected chi connectivity index (χ1v) is 7.89. The number of amides is 1. The Hall–Kier alpha value is -1.80. The number of halogens is 5. The van der Waals surface area contributed by atoms with E-state index in [1.165, 1.54) is 25.1 Å². The van der Waals surface area contributed by atoms with Crippen LogP contribution in [0.4, 0.5) is 23.2 Å². The molecule has 1 atom stereocenters. The molecular weight excluding hydrogens is 368 g/mol. The number of thioether (sulfide) groups is 1. The van der Waals surface area contributed by atoms with E-state index in [1.54, 1.807) is 6.07 Å². The van der Waals surface area contributed by atoms with Gasteiger partial charge in [-0.15, -0.1) is 0 Å². The van der Waals surface area contributed by atoms with Crippen molar-refractivity contribution >= 4 is 35.0 Å². The van der Waals surface area contributed by atoms with E-state index in [1.807, 2.05) is 0 Å². The number of anilines is 1. The summed E-state index contributed by atoms with van der Waals surface area (Å²) >= 11 is 6.67. The first kappa shape index (κ1) is 18.5. The molecule has 24 heavy (non-hydrogen) atoms. The van der Waals surface area contributed by atoms with Crippen molar-refractivity contribution in [3.05, 3.63) is 52.9 Å². The van der Waals surface area contributed by atoms with Gasteiger partial charge in [-0.25, -0.2) is 9.37 Å². The molecule has 0 saturated heterocycles. The molecule has 3 nitrogen and oxygen atoms in total. The molecule has 0 aliphatic carbocycles. The van der Waals surface area contributed by atoms with E-state index in [4.69, 9.17) is 11.6 Å². The second-order valence-electron chi connectivity index (χ2n) is 4.74. The molecule has 1 N–H and O–H groups in total. The number of alkyl halides is 3. The van der Waals surface area contributed by atoms with E-state index in [9.17, 15) is 22.4 Å². The van der Waals surface area contributed by atoms with Crippen molar-refractivity contribution in [3.63, 3.8) is 0 Å². The first-order chi connectivity index (χ1) is 11.2. The molecule has 0 saturated carbocycles. The van der Waals surface area contributed by atoms with Crippen LogP contribution in [-0.2, 0) is 11.0 Å². The maximum atomic E-state index is 13.5. The number of carbonyl (C=O) groups excluding carboxylic acids is 1. The van der Waals surface area contributed by atoms with Crippen molar-refractivity contribution in [1.29, 1.82) is 0 Å².